The highest BCUT2D eigenvalue weighted by molar-refractivity contribution is 9.10. The predicted octanol–water partition coefficient (Wildman–Crippen LogP) is 1.93. The summed E-state index contributed by atoms with van der Waals surface area (Å²) in [5, 5.41) is 11.0. The minimum absolute atomic E-state index is 0.0224. The fraction of sp³-hybridized carbons (Fsp3) is 0.100. The van der Waals surface area contributed by atoms with E-state index in [-0.39, 0.29) is 29.4 Å². The van der Waals surface area contributed by atoms with Gasteiger partial charge >= 0.3 is 17.7 Å². The van der Waals surface area contributed by atoms with Crippen molar-refractivity contribution in [3.8, 4) is 17.8 Å². The van der Waals surface area contributed by atoms with Crippen LogP contribution < -0.4 is 15.2 Å². The topological polar surface area (TPSA) is 126 Å². The minimum atomic E-state index is -0.581. The largest absolute Gasteiger partial charge is 0.467 e. The number of nitrogen functional groups attached to an aromatic ring is 1. The maximum atomic E-state index is 11.0. The third-order valence-corrected chi connectivity index (χ3v) is 2.61. The molecule has 0 radical (unpaired) electrons. The van der Waals surface area contributed by atoms with Crippen molar-refractivity contribution in [1.82, 2.24) is 15.0 Å². The number of ether oxygens (including phenoxy) is 2. The van der Waals surface area contributed by atoms with Gasteiger partial charge in [-0.1, -0.05) is 15.9 Å². The van der Waals surface area contributed by atoms with Crippen molar-refractivity contribution in [3.63, 3.8) is 0 Å². The van der Waals surface area contributed by atoms with Gasteiger partial charge in [0.05, 0.1) is 12.0 Å². The van der Waals surface area contributed by atoms with Gasteiger partial charge in [0, 0.05) is 10.5 Å². The van der Waals surface area contributed by atoms with Crippen molar-refractivity contribution in [2.24, 2.45) is 0 Å². The zero-order valence-electron chi connectivity index (χ0n) is 10.1. The van der Waals surface area contributed by atoms with E-state index in [0.29, 0.717) is 4.47 Å². The molecule has 10 heteroatoms. The molecule has 0 saturated heterocycles. The highest BCUT2D eigenvalue weighted by Crippen LogP contribution is 2.32. The van der Waals surface area contributed by atoms with Crippen LogP contribution in [0, 0.1) is 10.1 Å². The fourth-order valence-electron chi connectivity index (χ4n) is 1.31. The summed E-state index contributed by atoms with van der Waals surface area (Å²) in [6.07, 6.45) is 0. The third-order valence-electron chi connectivity index (χ3n) is 2.11. The quantitative estimate of drug-likeness (QED) is 0.660. The van der Waals surface area contributed by atoms with Crippen LogP contribution >= 0.6 is 15.9 Å². The second kappa shape index (κ2) is 5.65. The van der Waals surface area contributed by atoms with Gasteiger partial charge in [-0.05, 0) is 12.1 Å². The zero-order chi connectivity index (χ0) is 14.7. The SMILES string of the molecule is COc1nc(N)nc(Oc2ccc(Br)cc2[N+](=O)[O-])n1. The van der Waals surface area contributed by atoms with Gasteiger partial charge in [0.25, 0.3) is 0 Å². The first kappa shape index (κ1) is 13.9. The van der Waals surface area contributed by atoms with E-state index in [1.807, 2.05) is 0 Å². The first-order chi connectivity index (χ1) is 9.49. The van der Waals surface area contributed by atoms with E-state index in [9.17, 15) is 10.1 Å². The number of benzene rings is 1. The van der Waals surface area contributed by atoms with E-state index in [2.05, 4.69) is 30.9 Å². The molecule has 20 heavy (non-hydrogen) atoms. The van der Waals surface area contributed by atoms with E-state index in [0.717, 1.165) is 0 Å². The molecule has 2 rings (SSSR count). The average molecular weight is 342 g/mol. The number of nitrogens with two attached hydrogens (primary N) is 1. The molecule has 2 aromatic rings. The van der Waals surface area contributed by atoms with Gasteiger partial charge in [0.15, 0.2) is 0 Å². The molecule has 104 valence electrons. The van der Waals surface area contributed by atoms with Crippen molar-refractivity contribution >= 4 is 27.6 Å². The van der Waals surface area contributed by atoms with Crippen molar-refractivity contribution in [3.05, 3.63) is 32.8 Å². The summed E-state index contributed by atoms with van der Waals surface area (Å²) in [6.45, 7) is 0. The first-order valence-electron chi connectivity index (χ1n) is 5.17. The van der Waals surface area contributed by atoms with Gasteiger partial charge in [-0.2, -0.15) is 9.97 Å². The second-order valence-corrected chi connectivity index (χ2v) is 4.35. The molecule has 0 bridgehead atoms. The molecule has 0 atom stereocenters. The molecule has 0 aliphatic heterocycles. The lowest BCUT2D eigenvalue weighted by Crippen LogP contribution is -2.03. The van der Waals surface area contributed by atoms with Gasteiger partial charge in [0.1, 0.15) is 0 Å². The zero-order valence-corrected chi connectivity index (χ0v) is 11.7. The lowest BCUT2D eigenvalue weighted by atomic mass is 10.3. The Morgan fingerprint density at radius 3 is 2.65 bits per heavy atom. The molecule has 1 aromatic carbocycles. The van der Waals surface area contributed by atoms with Gasteiger partial charge in [-0.15, -0.1) is 4.98 Å². The Hall–Kier alpha value is -2.49. The summed E-state index contributed by atoms with van der Waals surface area (Å²) in [4.78, 5) is 21.6. The average Bonchev–Trinajstić information content (AvgIpc) is 2.40. The molecular formula is C10H8BrN5O4. The number of aromatic nitrogens is 3. The van der Waals surface area contributed by atoms with Crippen molar-refractivity contribution < 1.29 is 14.4 Å². The van der Waals surface area contributed by atoms with Gasteiger partial charge in [-0.25, -0.2) is 0 Å². The number of nitro benzene ring substituents is 1. The van der Waals surface area contributed by atoms with Gasteiger partial charge < -0.3 is 15.2 Å². The van der Waals surface area contributed by atoms with E-state index in [4.69, 9.17) is 15.2 Å². The molecule has 0 saturated carbocycles. The number of hydrogen-bond acceptors (Lipinski definition) is 8. The molecule has 1 aromatic heterocycles. The summed E-state index contributed by atoms with van der Waals surface area (Å²) < 4.78 is 10.6. The Balaban J connectivity index is 2.39. The lowest BCUT2D eigenvalue weighted by molar-refractivity contribution is -0.385. The lowest BCUT2D eigenvalue weighted by Gasteiger charge is -2.06. The minimum Gasteiger partial charge on any atom is -0.467 e. The van der Waals surface area contributed by atoms with Crippen LogP contribution in [0.1, 0.15) is 0 Å². The van der Waals surface area contributed by atoms with E-state index < -0.39 is 4.92 Å². The molecule has 2 N–H and O–H groups in total. The van der Waals surface area contributed by atoms with Gasteiger partial charge in [-0.3, -0.25) is 10.1 Å². The summed E-state index contributed by atoms with van der Waals surface area (Å²) in [6, 6.07) is 4.06. The number of methoxy groups -OCH3 is 1. The van der Waals surface area contributed by atoms with Crippen molar-refractivity contribution in [2.75, 3.05) is 12.8 Å². The van der Waals surface area contributed by atoms with E-state index in [1.54, 1.807) is 6.07 Å². The molecular weight excluding hydrogens is 334 g/mol. The van der Waals surface area contributed by atoms with Crippen molar-refractivity contribution in [2.45, 2.75) is 0 Å². The summed E-state index contributed by atoms with van der Waals surface area (Å²) in [7, 11) is 1.35. The standard InChI is InChI=1S/C10H8BrN5O4/c1-19-9-13-8(12)14-10(15-9)20-7-3-2-5(11)4-6(7)16(17)18/h2-4H,1H3,(H2,12,13,14,15). The molecule has 1 heterocycles. The van der Waals surface area contributed by atoms with Crippen LogP contribution in [0.4, 0.5) is 11.6 Å². The van der Waals surface area contributed by atoms with Crippen LogP contribution in [0.25, 0.3) is 0 Å². The molecule has 9 nitrogen and oxygen atoms in total. The molecule has 0 amide bonds. The van der Waals surface area contributed by atoms with Gasteiger partial charge in [0.2, 0.25) is 11.7 Å². The molecule has 0 spiro atoms. The molecule has 0 aliphatic carbocycles. The number of anilines is 1. The number of rotatable bonds is 4. The highest BCUT2D eigenvalue weighted by atomic mass is 79.9. The van der Waals surface area contributed by atoms with Crippen LogP contribution in [-0.2, 0) is 0 Å². The Bertz CT molecular complexity index is 666. The number of nitrogens with zero attached hydrogens (tertiary/aromatic N) is 4. The van der Waals surface area contributed by atoms with Crippen LogP contribution in [-0.4, -0.2) is 27.0 Å². The van der Waals surface area contributed by atoms with Crippen LogP contribution in [0.5, 0.6) is 17.8 Å². The first-order valence-corrected chi connectivity index (χ1v) is 5.96. The monoisotopic (exact) mass is 341 g/mol. The normalized spacial score (nSPS) is 10.1. The molecule has 0 aliphatic rings. The second-order valence-electron chi connectivity index (χ2n) is 3.43. The summed E-state index contributed by atoms with van der Waals surface area (Å²) in [5.41, 5.74) is 5.21. The Morgan fingerprint density at radius 1 is 1.30 bits per heavy atom. The summed E-state index contributed by atoms with van der Waals surface area (Å²) in [5.74, 6) is -0.141. The third kappa shape index (κ3) is 3.09. The van der Waals surface area contributed by atoms with E-state index >= 15 is 0 Å². The van der Waals surface area contributed by atoms with Crippen molar-refractivity contribution in [1.29, 1.82) is 0 Å². The smallest absolute Gasteiger partial charge is 0.330 e. The maximum Gasteiger partial charge on any atom is 0.330 e. The maximum absolute atomic E-state index is 11.0. The fourth-order valence-corrected chi connectivity index (χ4v) is 1.66. The van der Waals surface area contributed by atoms with Crippen LogP contribution in [0.2, 0.25) is 0 Å². The Labute approximate surface area is 121 Å². The van der Waals surface area contributed by atoms with E-state index in [1.165, 1.54) is 19.2 Å². The Morgan fingerprint density at radius 2 is 2.00 bits per heavy atom. The number of hydrogen-bond donors (Lipinski definition) is 1. The van der Waals surface area contributed by atoms with Crippen LogP contribution in [0.3, 0.4) is 0 Å². The number of nitro groups is 1. The number of halogens is 1. The van der Waals surface area contributed by atoms with Crippen LogP contribution in [0.15, 0.2) is 22.7 Å². The predicted molar refractivity (Wildman–Crippen MR) is 71.7 cm³/mol. The molecule has 0 unspecified atom stereocenters. The molecule has 0 fully saturated rings. The highest BCUT2D eigenvalue weighted by Gasteiger charge is 2.18. The summed E-state index contributed by atoms with van der Waals surface area (Å²) >= 11 is 3.14. The Kier molecular flexibility index (Phi) is 3.94.